The van der Waals surface area contributed by atoms with Gasteiger partial charge in [0.15, 0.2) is 6.61 Å². The van der Waals surface area contributed by atoms with Gasteiger partial charge in [-0.15, -0.1) is 0 Å². The third-order valence-corrected chi connectivity index (χ3v) is 6.85. The van der Waals surface area contributed by atoms with Crippen LogP contribution in [0.1, 0.15) is 19.3 Å². The lowest BCUT2D eigenvalue weighted by Crippen LogP contribution is -2.57. The number of esters is 1. The lowest BCUT2D eigenvalue weighted by molar-refractivity contribution is -0.164. The van der Waals surface area contributed by atoms with Crippen LogP contribution in [0.5, 0.6) is 0 Å². The van der Waals surface area contributed by atoms with Gasteiger partial charge < -0.3 is 4.74 Å². The van der Waals surface area contributed by atoms with Crippen LogP contribution in [-0.4, -0.2) is 36.6 Å². The van der Waals surface area contributed by atoms with E-state index in [-0.39, 0.29) is 29.0 Å². The number of rotatable bonds is 4. The fourth-order valence-electron chi connectivity index (χ4n) is 4.95. The Morgan fingerprint density at radius 3 is 2.57 bits per heavy atom. The first-order chi connectivity index (χ1) is 9.56. The molecule has 6 nitrogen and oxygen atoms in total. The fraction of sp³-hybridized carbons (Fsp3) is 0.833. The maximum Gasteiger partial charge on any atom is 0.402 e. The lowest BCUT2D eigenvalue weighted by atomic mass is 9.47. The Kier molecular flexibility index (Phi) is 2.13. The highest BCUT2D eigenvalue weighted by Gasteiger charge is 2.91. The molecule has 0 aliphatic heterocycles. The Balaban J connectivity index is 1.48. The number of Topliss-reactive ketones (excluding diaryl/α,β-unsaturated/α-hetero) is 1. The Morgan fingerprint density at radius 1 is 1.38 bits per heavy atom. The van der Waals surface area contributed by atoms with E-state index >= 15 is 0 Å². The monoisotopic (exact) mass is 322 g/mol. The molecule has 9 heteroatoms. The zero-order chi connectivity index (χ0) is 15.4. The third kappa shape index (κ3) is 1.28. The van der Waals surface area contributed by atoms with Gasteiger partial charge in [0.25, 0.3) is 0 Å². The minimum absolute atomic E-state index is 0.0198. The molecule has 116 valence electrons. The van der Waals surface area contributed by atoms with E-state index in [0.717, 1.165) is 0 Å². The van der Waals surface area contributed by atoms with Crippen molar-refractivity contribution in [3.63, 3.8) is 0 Å². The lowest BCUT2D eigenvalue weighted by Gasteiger charge is -2.54. The number of carbonyl (C=O) groups excluding carboxylic acids is 2. The molecule has 5 unspecified atom stereocenters. The van der Waals surface area contributed by atoms with Gasteiger partial charge in [-0.25, -0.2) is 0 Å². The highest BCUT2D eigenvalue weighted by molar-refractivity contribution is 7.86. The second-order valence-corrected chi connectivity index (χ2v) is 8.20. The standard InChI is InChI=1S/C12H12F2O6S/c13-12(14,21(17,18)19)4-20-9(16)11-2-6-7-5(8(6)15)1-10(7,11)3-11/h5-7H,1-4H2,(H,17,18,19). The van der Waals surface area contributed by atoms with Gasteiger partial charge in [0.1, 0.15) is 5.78 Å². The van der Waals surface area contributed by atoms with Gasteiger partial charge in [-0.05, 0) is 30.6 Å². The van der Waals surface area contributed by atoms with E-state index < -0.39 is 33.4 Å². The summed E-state index contributed by atoms with van der Waals surface area (Å²) in [6.45, 7) is -1.70. The van der Waals surface area contributed by atoms with Gasteiger partial charge in [0, 0.05) is 11.8 Å². The molecule has 4 saturated carbocycles. The molecule has 5 atom stereocenters. The van der Waals surface area contributed by atoms with E-state index in [2.05, 4.69) is 4.74 Å². The van der Waals surface area contributed by atoms with Crippen LogP contribution in [-0.2, 0) is 24.4 Å². The molecule has 0 aromatic carbocycles. The minimum atomic E-state index is -5.62. The quantitative estimate of drug-likeness (QED) is 0.602. The molecule has 4 fully saturated rings. The van der Waals surface area contributed by atoms with Gasteiger partial charge in [0.2, 0.25) is 0 Å². The van der Waals surface area contributed by atoms with Crippen molar-refractivity contribution >= 4 is 21.9 Å². The second kappa shape index (κ2) is 3.29. The SMILES string of the molecule is O=C1C2CC3(C(=O)OCC(F)(F)S(=O)(=O)O)CC34CC1C24. The molecule has 0 heterocycles. The predicted octanol–water partition coefficient (Wildman–Crippen LogP) is 0.625. The molecule has 0 saturated heterocycles. The number of carbonyl (C=O) groups is 2. The van der Waals surface area contributed by atoms with Gasteiger partial charge in [-0.2, -0.15) is 17.2 Å². The van der Waals surface area contributed by atoms with E-state index in [1.807, 2.05) is 0 Å². The Morgan fingerprint density at radius 2 is 2.00 bits per heavy atom. The van der Waals surface area contributed by atoms with Crippen LogP contribution in [0.3, 0.4) is 0 Å². The normalized spacial score (nSPS) is 46.0. The van der Waals surface area contributed by atoms with Crippen LogP contribution < -0.4 is 0 Å². The molecule has 4 aliphatic carbocycles. The highest BCUT2D eigenvalue weighted by atomic mass is 32.2. The van der Waals surface area contributed by atoms with E-state index in [0.29, 0.717) is 19.3 Å². The number of alkyl halides is 2. The van der Waals surface area contributed by atoms with Gasteiger partial charge in [-0.3, -0.25) is 14.1 Å². The van der Waals surface area contributed by atoms with Crippen LogP contribution in [0.15, 0.2) is 0 Å². The summed E-state index contributed by atoms with van der Waals surface area (Å²) in [5.74, 6) is -0.682. The van der Waals surface area contributed by atoms with Crippen molar-refractivity contribution in [3.8, 4) is 0 Å². The summed E-state index contributed by atoms with van der Waals surface area (Å²) in [4.78, 5) is 23.8. The minimum Gasteiger partial charge on any atom is -0.457 e. The molecule has 1 spiro atoms. The summed E-state index contributed by atoms with van der Waals surface area (Å²) < 4.78 is 60.0. The molecular weight excluding hydrogens is 310 g/mol. The topological polar surface area (TPSA) is 97.7 Å². The van der Waals surface area contributed by atoms with Gasteiger partial charge in [0.05, 0.1) is 5.41 Å². The first-order valence-corrected chi connectivity index (χ1v) is 8.06. The van der Waals surface area contributed by atoms with Crippen LogP contribution in [0.25, 0.3) is 0 Å². The van der Waals surface area contributed by atoms with Crippen LogP contribution in [0.2, 0.25) is 0 Å². The molecule has 1 N–H and O–H groups in total. The molecule has 0 aromatic rings. The molecule has 0 amide bonds. The average Bonchev–Trinajstić information content (AvgIpc) is 2.99. The number of hydrogen-bond donors (Lipinski definition) is 1. The van der Waals surface area contributed by atoms with Crippen molar-refractivity contribution in [1.82, 2.24) is 0 Å². The maximum atomic E-state index is 13.1. The largest absolute Gasteiger partial charge is 0.457 e. The fourth-order valence-corrected chi connectivity index (χ4v) is 5.16. The Hall–Kier alpha value is -1.09. The Bertz CT molecular complexity index is 688. The summed E-state index contributed by atoms with van der Waals surface area (Å²) in [6.07, 6.45) is 1.46. The summed E-state index contributed by atoms with van der Waals surface area (Å²) in [5, 5.41) is -4.52. The molecule has 21 heavy (non-hydrogen) atoms. The van der Waals surface area contributed by atoms with E-state index in [1.54, 1.807) is 0 Å². The van der Waals surface area contributed by atoms with E-state index in [4.69, 9.17) is 4.55 Å². The zero-order valence-corrected chi connectivity index (χ0v) is 11.5. The average molecular weight is 322 g/mol. The predicted molar refractivity (Wildman–Crippen MR) is 61.6 cm³/mol. The molecule has 4 rings (SSSR count). The molecule has 4 aliphatic rings. The van der Waals surface area contributed by atoms with Gasteiger partial charge in [-0.1, -0.05) is 0 Å². The smallest absolute Gasteiger partial charge is 0.402 e. The maximum absolute atomic E-state index is 13.1. The van der Waals surface area contributed by atoms with Crippen molar-refractivity contribution in [3.05, 3.63) is 0 Å². The van der Waals surface area contributed by atoms with E-state index in [9.17, 15) is 26.8 Å². The summed E-state index contributed by atoms with van der Waals surface area (Å²) in [7, 11) is -5.62. The summed E-state index contributed by atoms with van der Waals surface area (Å²) in [5.41, 5.74) is -1.17. The number of ether oxygens (including phenoxy) is 1. The summed E-state index contributed by atoms with van der Waals surface area (Å²) in [6, 6.07) is 0. The molecule has 0 aromatic heterocycles. The van der Waals surface area contributed by atoms with Crippen molar-refractivity contribution in [2.75, 3.05) is 6.61 Å². The van der Waals surface area contributed by atoms with Crippen LogP contribution >= 0.6 is 0 Å². The van der Waals surface area contributed by atoms with Crippen molar-refractivity contribution in [2.45, 2.75) is 24.5 Å². The molecular formula is C12H12F2O6S. The zero-order valence-electron chi connectivity index (χ0n) is 10.7. The Labute approximate surface area is 118 Å². The number of hydrogen-bond acceptors (Lipinski definition) is 5. The first kappa shape index (κ1) is 13.6. The van der Waals surface area contributed by atoms with Crippen molar-refractivity contribution < 1.29 is 36.1 Å². The van der Waals surface area contributed by atoms with Crippen LogP contribution in [0, 0.1) is 28.6 Å². The van der Waals surface area contributed by atoms with Gasteiger partial charge >= 0.3 is 21.3 Å². The molecule has 0 bridgehead atoms. The third-order valence-electron chi connectivity index (χ3n) is 5.97. The first-order valence-electron chi connectivity index (χ1n) is 6.62. The number of ketones is 1. The number of halogens is 2. The highest BCUT2D eigenvalue weighted by Crippen LogP contribution is 2.90. The van der Waals surface area contributed by atoms with Crippen molar-refractivity contribution in [2.24, 2.45) is 28.6 Å². The van der Waals surface area contributed by atoms with Crippen molar-refractivity contribution in [1.29, 1.82) is 0 Å². The van der Waals surface area contributed by atoms with E-state index in [1.165, 1.54) is 0 Å². The summed E-state index contributed by atoms with van der Waals surface area (Å²) >= 11 is 0. The second-order valence-electron chi connectivity index (χ2n) is 6.65. The van der Waals surface area contributed by atoms with Crippen LogP contribution in [0.4, 0.5) is 8.78 Å². The molecule has 0 radical (unpaired) electrons.